The molecule has 1 aliphatic rings. The molecule has 8 heteroatoms. The topological polar surface area (TPSA) is 94.8 Å². The van der Waals surface area contributed by atoms with Gasteiger partial charge in [-0.25, -0.2) is 9.78 Å². The lowest BCUT2D eigenvalue weighted by molar-refractivity contribution is 0.0503. The van der Waals surface area contributed by atoms with Gasteiger partial charge in [0.05, 0.1) is 37.3 Å². The Hall–Kier alpha value is -2.29. The van der Waals surface area contributed by atoms with E-state index in [0.717, 1.165) is 32.6 Å². The molecular weight excluding hydrogens is 414 g/mol. The monoisotopic (exact) mass is 435 g/mol. The van der Waals surface area contributed by atoms with E-state index in [1.165, 1.54) is 13.2 Å². The van der Waals surface area contributed by atoms with Gasteiger partial charge in [0.2, 0.25) is 0 Å². The lowest BCUT2D eigenvalue weighted by Gasteiger charge is -2.21. The summed E-state index contributed by atoms with van der Waals surface area (Å²) in [7, 11) is 3.39. The van der Waals surface area contributed by atoms with Crippen LogP contribution in [0.4, 0.5) is 5.69 Å². The van der Waals surface area contributed by atoms with Crippen LogP contribution in [-0.2, 0) is 9.47 Å². The van der Waals surface area contributed by atoms with Crippen molar-refractivity contribution in [2.45, 2.75) is 0 Å². The summed E-state index contributed by atoms with van der Waals surface area (Å²) in [6, 6.07) is 8.30. The van der Waals surface area contributed by atoms with E-state index in [4.69, 9.17) is 10.5 Å². The Morgan fingerprint density at radius 1 is 1.33 bits per heavy atom. The van der Waals surface area contributed by atoms with Crippen molar-refractivity contribution in [2.75, 3.05) is 46.2 Å². The fraction of sp³-hybridized carbons (Fsp3) is 0.316. The molecular formula is C19H22BrN3O4. The average Bonchev–Trinajstić information content (AvgIpc) is 2.70. The molecule has 0 saturated carbocycles. The van der Waals surface area contributed by atoms with Crippen LogP contribution in [0.3, 0.4) is 0 Å². The first kappa shape index (κ1) is 21.0. The number of nitrogen functional groups attached to an aromatic ring is 1. The predicted molar refractivity (Wildman–Crippen MR) is 107 cm³/mol. The summed E-state index contributed by atoms with van der Waals surface area (Å²) in [5, 5.41) is 0. The summed E-state index contributed by atoms with van der Waals surface area (Å²) >= 11 is 3.23. The number of hydrogen-bond donors (Lipinski definition) is 1. The van der Waals surface area contributed by atoms with Crippen molar-refractivity contribution < 1.29 is 19.1 Å². The minimum absolute atomic E-state index is 0.211. The smallest absolute Gasteiger partial charge is 0.340 e. The maximum Gasteiger partial charge on any atom is 0.340 e. The van der Waals surface area contributed by atoms with Crippen molar-refractivity contribution in [3.05, 3.63) is 46.1 Å². The molecule has 2 heterocycles. The van der Waals surface area contributed by atoms with Crippen LogP contribution in [0.15, 0.2) is 34.9 Å². The first-order valence-corrected chi connectivity index (χ1v) is 9.11. The summed E-state index contributed by atoms with van der Waals surface area (Å²) < 4.78 is 10.2. The number of anilines is 1. The van der Waals surface area contributed by atoms with Gasteiger partial charge < -0.3 is 20.1 Å². The van der Waals surface area contributed by atoms with E-state index in [2.05, 4.69) is 37.6 Å². The van der Waals surface area contributed by atoms with Crippen molar-refractivity contribution in [2.24, 2.45) is 0 Å². The molecule has 1 saturated heterocycles. The van der Waals surface area contributed by atoms with Gasteiger partial charge in [0, 0.05) is 24.2 Å². The number of ether oxygens (including phenoxy) is 2. The quantitative estimate of drug-likeness (QED) is 0.449. The Balaban J connectivity index is 0.000000313. The van der Waals surface area contributed by atoms with Crippen LogP contribution >= 0.6 is 15.9 Å². The van der Waals surface area contributed by atoms with Crippen molar-refractivity contribution in [1.29, 1.82) is 0 Å². The highest BCUT2D eigenvalue weighted by atomic mass is 79.9. The zero-order valence-corrected chi connectivity index (χ0v) is 16.9. The van der Waals surface area contributed by atoms with Gasteiger partial charge in [-0.15, -0.1) is 0 Å². The molecule has 0 amide bonds. The number of carbonyl (C=O) groups is 2. The van der Waals surface area contributed by atoms with E-state index in [-0.39, 0.29) is 11.3 Å². The van der Waals surface area contributed by atoms with E-state index in [1.54, 1.807) is 24.3 Å². The average molecular weight is 436 g/mol. The maximum absolute atomic E-state index is 11.7. The zero-order chi connectivity index (χ0) is 19.8. The third-order valence-electron chi connectivity index (χ3n) is 3.96. The summed E-state index contributed by atoms with van der Waals surface area (Å²) in [6.45, 7) is 4.02. The van der Waals surface area contributed by atoms with Gasteiger partial charge in [0.1, 0.15) is 10.9 Å². The Labute approximate surface area is 166 Å². The van der Waals surface area contributed by atoms with Gasteiger partial charge in [-0.1, -0.05) is 18.2 Å². The van der Waals surface area contributed by atoms with Crippen molar-refractivity contribution >= 4 is 33.9 Å². The molecule has 144 valence electrons. The minimum atomic E-state index is -0.543. The molecule has 2 N–H and O–H groups in total. The Morgan fingerprint density at radius 2 is 2.04 bits per heavy atom. The summed E-state index contributed by atoms with van der Waals surface area (Å²) in [5.41, 5.74) is 7.99. The SMILES string of the molecule is CN1CCOCC1.COC(=O)c1cc(Br)nc(-c2cccc(C=O)c2)c1N. The van der Waals surface area contributed by atoms with Crippen molar-refractivity contribution in [3.8, 4) is 11.3 Å². The molecule has 0 bridgehead atoms. The number of hydrogen-bond acceptors (Lipinski definition) is 7. The van der Waals surface area contributed by atoms with Crippen LogP contribution in [0.2, 0.25) is 0 Å². The molecule has 27 heavy (non-hydrogen) atoms. The number of rotatable bonds is 3. The second-order valence-electron chi connectivity index (χ2n) is 5.91. The molecule has 0 radical (unpaired) electrons. The lowest BCUT2D eigenvalue weighted by atomic mass is 10.0. The van der Waals surface area contributed by atoms with Crippen LogP contribution in [0, 0.1) is 0 Å². The highest BCUT2D eigenvalue weighted by molar-refractivity contribution is 9.10. The number of methoxy groups -OCH3 is 1. The number of carbonyl (C=O) groups excluding carboxylic acids is 2. The number of esters is 1. The van der Waals surface area contributed by atoms with E-state index < -0.39 is 5.97 Å². The number of likely N-dealkylation sites (N-methyl/N-ethyl adjacent to an activating group) is 1. The number of morpholine rings is 1. The highest BCUT2D eigenvalue weighted by Gasteiger charge is 2.17. The third kappa shape index (κ3) is 5.85. The molecule has 2 aromatic rings. The molecule has 0 unspecified atom stereocenters. The predicted octanol–water partition coefficient (Wildman–Crippen LogP) is 2.64. The van der Waals surface area contributed by atoms with Crippen LogP contribution in [-0.4, -0.2) is 62.6 Å². The first-order valence-electron chi connectivity index (χ1n) is 8.32. The van der Waals surface area contributed by atoms with E-state index >= 15 is 0 Å². The van der Waals surface area contributed by atoms with Gasteiger partial charge in [-0.3, -0.25) is 4.79 Å². The molecule has 1 aromatic heterocycles. The van der Waals surface area contributed by atoms with E-state index in [1.807, 2.05) is 0 Å². The molecule has 3 rings (SSSR count). The molecule has 0 aliphatic carbocycles. The van der Waals surface area contributed by atoms with Gasteiger partial charge >= 0.3 is 5.97 Å². The van der Waals surface area contributed by atoms with Crippen LogP contribution < -0.4 is 5.73 Å². The molecule has 1 fully saturated rings. The lowest BCUT2D eigenvalue weighted by Crippen LogP contribution is -2.32. The standard InChI is InChI=1S/C14H11BrN2O3.C5H11NO/c1-20-14(19)10-6-11(15)17-13(12(10)16)9-4-2-3-8(5-9)7-18;1-6-2-4-7-5-3-6/h2-7H,16H2,1H3;2-5H2,1H3. The molecule has 1 aliphatic heterocycles. The highest BCUT2D eigenvalue weighted by Crippen LogP contribution is 2.30. The number of halogens is 1. The number of benzene rings is 1. The summed E-state index contributed by atoms with van der Waals surface area (Å²) in [6.07, 6.45) is 0.735. The number of pyridine rings is 1. The van der Waals surface area contributed by atoms with Gasteiger partial charge in [0.25, 0.3) is 0 Å². The Morgan fingerprint density at radius 3 is 2.59 bits per heavy atom. The first-order chi connectivity index (χ1) is 13.0. The number of nitrogens with two attached hydrogens (primary N) is 1. The number of nitrogens with zero attached hydrogens (tertiary/aromatic N) is 2. The van der Waals surface area contributed by atoms with Crippen molar-refractivity contribution in [3.63, 3.8) is 0 Å². The Kier molecular flexibility index (Phi) is 7.90. The van der Waals surface area contributed by atoms with Crippen molar-refractivity contribution in [1.82, 2.24) is 9.88 Å². The molecule has 1 aromatic carbocycles. The maximum atomic E-state index is 11.7. The van der Waals surface area contributed by atoms with Gasteiger partial charge in [0.15, 0.2) is 0 Å². The largest absolute Gasteiger partial charge is 0.465 e. The Bertz CT molecular complexity index is 808. The number of aldehydes is 1. The van der Waals surface area contributed by atoms with Crippen LogP contribution in [0.1, 0.15) is 20.7 Å². The van der Waals surface area contributed by atoms with E-state index in [9.17, 15) is 9.59 Å². The van der Waals surface area contributed by atoms with Crippen LogP contribution in [0.25, 0.3) is 11.3 Å². The summed E-state index contributed by atoms with van der Waals surface area (Å²) in [4.78, 5) is 29.0. The molecule has 0 spiro atoms. The van der Waals surface area contributed by atoms with Gasteiger partial charge in [-0.05, 0) is 35.1 Å². The second-order valence-corrected chi connectivity index (χ2v) is 6.72. The zero-order valence-electron chi connectivity index (χ0n) is 15.3. The third-order valence-corrected chi connectivity index (χ3v) is 4.37. The minimum Gasteiger partial charge on any atom is -0.465 e. The van der Waals surface area contributed by atoms with Gasteiger partial charge in [-0.2, -0.15) is 0 Å². The fourth-order valence-electron chi connectivity index (χ4n) is 2.44. The normalized spacial score (nSPS) is 14.0. The van der Waals surface area contributed by atoms with Crippen LogP contribution in [0.5, 0.6) is 0 Å². The summed E-state index contributed by atoms with van der Waals surface area (Å²) in [5.74, 6) is -0.543. The number of aromatic nitrogens is 1. The molecule has 7 nitrogen and oxygen atoms in total. The van der Waals surface area contributed by atoms with E-state index in [0.29, 0.717) is 21.4 Å². The molecule has 0 atom stereocenters. The second kappa shape index (κ2) is 10.1. The fourth-order valence-corrected chi connectivity index (χ4v) is 2.84.